The maximum Gasteiger partial charge on any atom is 0.280 e. The highest BCUT2D eigenvalue weighted by Gasteiger charge is 2.21. The van der Waals surface area contributed by atoms with Gasteiger partial charge in [-0.3, -0.25) is 14.9 Å². The Balaban J connectivity index is 3.50. The van der Waals surface area contributed by atoms with Crippen LogP contribution in [0.25, 0.3) is 0 Å². The summed E-state index contributed by atoms with van der Waals surface area (Å²) in [7, 11) is 0. The molecule has 1 rings (SSSR count). The molecule has 1 aromatic rings. The number of hydrogen-bond donors (Lipinski definition) is 0. The molecule has 0 saturated heterocycles. The second-order valence-corrected chi connectivity index (χ2v) is 3.67. The van der Waals surface area contributed by atoms with E-state index in [1.807, 2.05) is 6.07 Å². The summed E-state index contributed by atoms with van der Waals surface area (Å²) < 4.78 is 0. The van der Waals surface area contributed by atoms with Gasteiger partial charge in [-0.25, -0.2) is 0 Å². The molecule has 16 heavy (non-hydrogen) atoms. The Kier molecular flexibility index (Phi) is 3.74. The number of ketones is 1. The van der Waals surface area contributed by atoms with Crippen molar-refractivity contribution in [3.8, 4) is 6.07 Å². The highest BCUT2D eigenvalue weighted by atomic mass is 79.9. The predicted molar refractivity (Wildman–Crippen MR) is 60.7 cm³/mol. The largest absolute Gasteiger partial charge is 0.293 e. The van der Waals surface area contributed by atoms with Gasteiger partial charge in [0.1, 0.15) is 0 Å². The third kappa shape index (κ3) is 2.25. The van der Waals surface area contributed by atoms with Crippen LogP contribution in [0.3, 0.4) is 0 Å². The molecular formula is C10H7BrN2O3. The molecule has 0 saturated carbocycles. The maximum absolute atomic E-state index is 11.5. The van der Waals surface area contributed by atoms with Gasteiger partial charge in [-0.05, 0) is 18.6 Å². The molecule has 1 aromatic carbocycles. The van der Waals surface area contributed by atoms with Crippen LogP contribution < -0.4 is 0 Å². The molecule has 0 aliphatic carbocycles. The number of nitro benzene ring substituents is 1. The quantitative estimate of drug-likeness (QED) is 0.369. The van der Waals surface area contributed by atoms with E-state index in [2.05, 4.69) is 15.9 Å². The van der Waals surface area contributed by atoms with Crippen LogP contribution in [0.5, 0.6) is 0 Å². The van der Waals surface area contributed by atoms with Crippen molar-refractivity contribution < 1.29 is 9.72 Å². The number of nitro groups is 1. The lowest BCUT2D eigenvalue weighted by Crippen LogP contribution is -2.06. The van der Waals surface area contributed by atoms with Gasteiger partial charge >= 0.3 is 0 Å². The zero-order valence-corrected chi connectivity index (χ0v) is 9.94. The van der Waals surface area contributed by atoms with Crippen LogP contribution in [0.4, 0.5) is 5.69 Å². The SMILES string of the molecule is Cc1cc([N+](=O)[O-])c(C(=O)CBr)cc1C#N. The number of benzene rings is 1. The lowest BCUT2D eigenvalue weighted by atomic mass is 10.0. The summed E-state index contributed by atoms with van der Waals surface area (Å²) in [6, 6.07) is 4.40. The molecule has 6 heteroatoms. The molecule has 0 fully saturated rings. The topological polar surface area (TPSA) is 84.0 Å². The zero-order valence-electron chi connectivity index (χ0n) is 8.36. The van der Waals surface area contributed by atoms with Crippen LogP contribution in [0, 0.1) is 28.4 Å². The van der Waals surface area contributed by atoms with E-state index in [1.54, 1.807) is 6.92 Å². The monoisotopic (exact) mass is 282 g/mol. The zero-order chi connectivity index (χ0) is 12.3. The van der Waals surface area contributed by atoms with Crippen molar-refractivity contribution in [2.24, 2.45) is 0 Å². The number of hydrogen-bond acceptors (Lipinski definition) is 4. The Morgan fingerprint density at radius 3 is 2.69 bits per heavy atom. The van der Waals surface area contributed by atoms with Crippen molar-refractivity contribution in [3.63, 3.8) is 0 Å². The Bertz CT molecular complexity index is 506. The summed E-state index contributed by atoms with van der Waals surface area (Å²) in [5, 5.41) is 19.5. The average molecular weight is 283 g/mol. The Labute approximate surface area is 100.0 Å². The number of Topliss-reactive ketones (excluding diaryl/α,β-unsaturated/α-hetero) is 1. The molecule has 0 aliphatic heterocycles. The smallest absolute Gasteiger partial charge is 0.280 e. The number of nitriles is 1. The normalized spacial score (nSPS) is 9.56. The van der Waals surface area contributed by atoms with Gasteiger partial charge in [0.05, 0.1) is 27.4 Å². The van der Waals surface area contributed by atoms with Crippen LogP contribution >= 0.6 is 15.9 Å². The van der Waals surface area contributed by atoms with Gasteiger partial charge in [-0.15, -0.1) is 0 Å². The molecule has 0 N–H and O–H groups in total. The van der Waals surface area contributed by atoms with Gasteiger partial charge in [-0.1, -0.05) is 15.9 Å². The first-order chi connectivity index (χ1) is 7.51. The molecule has 82 valence electrons. The van der Waals surface area contributed by atoms with E-state index < -0.39 is 10.7 Å². The summed E-state index contributed by atoms with van der Waals surface area (Å²) in [5.41, 5.74) is 0.459. The number of carbonyl (C=O) groups excluding carboxylic acids is 1. The van der Waals surface area contributed by atoms with E-state index >= 15 is 0 Å². The molecular weight excluding hydrogens is 276 g/mol. The van der Waals surface area contributed by atoms with Gasteiger partial charge < -0.3 is 0 Å². The highest BCUT2D eigenvalue weighted by molar-refractivity contribution is 9.09. The van der Waals surface area contributed by atoms with E-state index in [4.69, 9.17) is 5.26 Å². The van der Waals surface area contributed by atoms with Crippen LogP contribution in [-0.4, -0.2) is 16.0 Å². The van der Waals surface area contributed by atoms with Crippen LogP contribution in [-0.2, 0) is 0 Å². The predicted octanol–water partition coefficient (Wildman–Crippen LogP) is 2.35. The first-order valence-electron chi connectivity index (χ1n) is 4.29. The van der Waals surface area contributed by atoms with Crippen LogP contribution in [0.15, 0.2) is 12.1 Å². The van der Waals surface area contributed by atoms with Crippen molar-refractivity contribution in [2.75, 3.05) is 5.33 Å². The second kappa shape index (κ2) is 4.86. The van der Waals surface area contributed by atoms with Gasteiger partial charge in [0, 0.05) is 6.07 Å². The number of alkyl halides is 1. The fourth-order valence-electron chi connectivity index (χ4n) is 1.26. The molecule has 0 heterocycles. The van der Waals surface area contributed by atoms with Gasteiger partial charge in [0.25, 0.3) is 5.69 Å². The van der Waals surface area contributed by atoms with E-state index in [9.17, 15) is 14.9 Å². The Morgan fingerprint density at radius 1 is 1.62 bits per heavy atom. The van der Waals surface area contributed by atoms with Gasteiger partial charge in [-0.2, -0.15) is 5.26 Å². The number of rotatable bonds is 3. The number of aryl methyl sites for hydroxylation is 1. The molecule has 0 atom stereocenters. The van der Waals surface area contributed by atoms with Gasteiger partial charge in [0.2, 0.25) is 0 Å². The number of nitrogens with zero attached hydrogens (tertiary/aromatic N) is 2. The fraction of sp³-hybridized carbons (Fsp3) is 0.200. The van der Waals surface area contributed by atoms with E-state index in [0.717, 1.165) is 0 Å². The first-order valence-corrected chi connectivity index (χ1v) is 5.41. The standard InChI is InChI=1S/C10H7BrN2O3/c1-6-2-9(13(15)16)8(10(14)4-11)3-7(6)5-12/h2-3H,4H2,1H3. The van der Waals surface area contributed by atoms with Crippen molar-refractivity contribution in [2.45, 2.75) is 6.92 Å². The first kappa shape index (κ1) is 12.3. The van der Waals surface area contributed by atoms with Crippen molar-refractivity contribution in [1.82, 2.24) is 0 Å². The lowest BCUT2D eigenvalue weighted by Gasteiger charge is -2.03. The van der Waals surface area contributed by atoms with E-state index in [1.165, 1.54) is 12.1 Å². The molecule has 0 unspecified atom stereocenters. The molecule has 0 amide bonds. The third-order valence-corrected chi connectivity index (χ3v) is 2.59. The van der Waals surface area contributed by atoms with Gasteiger partial charge in [0.15, 0.2) is 5.78 Å². The minimum Gasteiger partial charge on any atom is -0.293 e. The number of carbonyl (C=O) groups is 1. The molecule has 5 nitrogen and oxygen atoms in total. The Morgan fingerprint density at radius 2 is 2.25 bits per heavy atom. The van der Waals surface area contributed by atoms with Crippen LogP contribution in [0.1, 0.15) is 21.5 Å². The van der Waals surface area contributed by atoms with E-state index in [-0.39, 0.29) is 22.1 Å². The van der Waals surface area contributed by atoms with Crippen molar-refractivity contribution in [1.29, 1.82) is 5.26 Å². The maximum atomic E-state index is 11.5. The molecule has 0 aliphatic rings. The molecule has 0 bridgehead atoms. The van der Waals surface area contributed by atoms with Crippen molar-refractivity contribution >= 4 is 27.4 Å². The average Bonchev–Trinajstić information content (AvgIpc) is 2.27. The highest BCUT2D eigenvalue weighted by Crippen LogP contribution is 2.24. The molecule has 0 radical (unpaired) electrons. The minimum atomic E-state index is -0.621. The lowest BCUT2D eigenvalue weighted by molar-refractivity contribution is -0.385. The third-order valence-electron chi connectivity index (χ3n) is 2.08. The second-order valence-electron chi connectivity index (χ2n) is 3.11. The fourth-order valence-corrected chi connectivity index (χ4v) is 1.56. The Hall–Kier alpha value is -1.74. The molecule has 0 aromatic heterocycles. The summed E-state index contributed by atoms with van der Waals surface area (Å²) >= 11 is 2.94. The minimum absolute atomic E-state index is 0.0121. The van der Waals surface area contributed by atoms with Crippen LogP contribution in [0.2, 0.25) is 0 Å². The summed E-state index contributed by atoms with van der Waals surface area (Å²) in [6.45, 7) is 1.59. The summed E-state index contributed by atoms with van der Waals surface area (Å²) in [5.74, 6) is -0.414. The van der Waals surface area contributed by atoms with E-state index in [0.29, 0.717) is 5.56 Å². The summed E-state index contributed by atoms with van der Waals surface area (Å²) in [6.07, 6.45) is 0. The summed E-state index contributed by atoms with van der Waals surface area (Å²) in [4.78, 5) is 21.6. The molecule has 0 spiro atoms. The number of halogens is 1. The van der Waals surface area contributed by atoms with Crippen molar-refractivity contribution in [3.05, 3.63) is 38.9 Å².